The fraction of sp³-hybridized carbons (Fsp3) is 0.500. The number of hydrogen-bond donors (Lipinski definition) is 4. The second-order valence-corrected chi connectivity index (χ2v) is 6.16. The van der Waals surface area contributed by atoms with Gasteiger partial charge in [-0.25, -0.2) is 9.36 Å². The average molecular weight is 352 g/mol. The minimum atomic E-state index is -1.44. The Morgan fingerprint density at radius 3 is 2.68 bits per heavy atom. The zero-order chi connectivity index (χ0) is 18.3. The van der Waals surface area contributed by atoms with Crippen molar-refractivity contribution < 1.29 is 29.3 Å². The van der Waals surface area contributed by atoms with E-state index in [1.165, 1.54) is 11.5 Å². The van der Waals surface area contributed by atoms with E-state index in [4.69, 9.17) is 9.15 Å². The number of benzene rings is 1. The monoisotopic (exact) mass is 352 g/mol. The van der Waals surface area contributed by atoms with Gasteiger partial charge in [-0.1, -0.05) is 6.07 Å². The van der Waals surface area contributed by atoms with Crippen LogP contribution in [-0.2, 0) is 9.53 Å². The molecule has 0 unspecified atom stereocenters. The first kappa shape index (κ1) is 17.6. The molecule has 9 nitrogen and oxygen atoms in total. The summed E-state index contributed by atoms with van der Waals surface area (Å²) in [7, 11) is 0. The first-order valence-corrected chi connectivity index (χ1v) is 7.84. The number of aryl methyl sites for hydroxylation is 1. The van der Waals surface area contributed by atoms with Crippen molar-refractivity contribution in [2.75, 3.05) is 6.61 Å². The molecule has 0 saturated carbocycles. The second-order valence-electron chi connectivity index (χ2n) is 6.16. The second kappa shape index (κ2) is 6.60. The number of ether oxygens (including phenoxy) is 1. The van der Waals surface area contributed by atoms with Gasteiger partial charge in [-0.2, -0.15) is 0 Å². The Balaban J connectivity index is 2.14. The van der Waals surface area contributed by atoms with Crippen LogP contribution in [0.2, 0.25) is 0 Å². The number of nitrogens with one attached hydrogen (secondary N) is 1. The molecule has 1 aliphatic rings. The minimum absolute atomic E-state index is 0.321. The number of carbonyl (C=O) groups is 1. The molecule has 4 N–H and O–H groups in total. The number of hydrogen-bond acceptors (Lipinski definition) is 7. The molecule has 2 heterocycles. The van der Waals surface area contributed by atoms with E-state index >= 15 is 0 Å². The lowest BCUT2D eigenvalue weighted by atomic mass is 9.95. The number of aliphatic hydroxyl groups excluding tert-OH is 3. The molecule has 1 saturated heterocycles. The van der Waals surface area contributed by atoms with E-state index in [1.807, 2.05) is 6.92 Å². The lowest BCUT2D eigenvalue weighted by molar-refractivity contribution is -0.216. The molecule has 9 heteroatoms. The SMILES string of the molecule is CC(=O)N[C@@H]1[C@@H](O)[C@H](O)[C@@H](CO)O[C@H]1n1c(=O)oc2ccc(C)cc21. The largest absolute Gasteiger partial charge is 0.422 e. The summed E-state index contributed by atoms with van der Waals surface area (Å²) in [5, 5.41) is 32.3. The van der Waals surface area contributed by atoms with E-state index in [2.05, 4.69) is 5.32 Å². The Morgan fingerprint density at radius 1 is 1.32 bits per heavy atom. The van der Waals surface area contributed by atoms with Crippen LogP contribution in [0.3, 0.4) is 0 Å². The number of amides is 1. The normalized spacial score (nSPS) is 29.7. The van der Waals surface area contributed by atoms with Gasteiger partial charge >= 0.3 is 5.76 Å². The molecule has 2 aromatic rings. The molecule has 0 bridgehead atoms. The molecule has 3 rings (SSSR count). The predicted molar refractivity (Wildman–Crippen MR) is 85.8 cm³/mol. The Bertz CT molecular complexity index is 843. The number of nitrogens with zero attached hydrogens (tertiary/aromatic N) is 1. The van der Waals surface area contributed by atoms with E-state index in [9.17, 15) is 24.9 Å². The topological polar surface area (TPSA) is 134 Å². The van der Waals surface area contributed by atoms with Crippen molar-refractivity contribution in [3.05, 3.63) is 34.3 Å². The summed E-state index contributed by atoms with van der Waals surface area (Å²) < 4.78 is 12.0. The van der Waals surface area contributed by atoms with Crippen LogP contribution >= 0.6 is 0 Å². The summed E-state index contributed by atoms with van der Waals surface area (Å²) in [5.74, 6) is -1.20. The lowest BCUT2D eigenvalue weighted by Gasteiger charge is -2.42. The summed E-state index contributed by atoms with van der Waals surface area (Å²) in [6.07, 6.45) is -5.14. The molecule has 1 fully saturated rings. The number of rotatable bonds is 3. The highest BCUT2D eigenvalue weighted by molar-refractivity contribution is 5.75. The number of aromatic nitrogens is 1. The zero-order valence-corrected chi connectivity index (χ0v) is 13.7. The maximum atomic E-state index is 12.4. The fourth-order valence-corrected chi connectivity index (χ4v) is 3.09. The summed E-state index contributed by atoms with van der Waals surface area (Å²) in [4.78, 5) is 23.9. The van der Waals surface area contributed by atoms with Gasteiger partial charge in [-0.05, 0) is 24.6 Å². The maximum absolute atomic E-state index is 12.4. The van der Waals surface area contributed by atoms with Crippen LogP contribution in [0, 0.1) is 6.92 Å². The van der Waals surface area contributed by atoms with Gasteiger partial charge in [-0.3, -0.25) is 4.79 Å². The number of carbonyl (C=O) groups excluding carboxylic acids is 1. The lowest BCUT2D eigenvalue weighted by Crippen LogP contribution is -2.62. The van der Waals surface area contributed by atoms with Crippen LogP contribution in [0.4, 0.5) is 0 Å². The molecular formula is C16H20N2O7. The van der Waals surface area contributed by atoms with Crippen LogP contribution in [-0.4, -0.2) is 56.8 Å². The van der Waals surface area contributed by atoms with Crippen LogP contribution in [0.25, 0.3) is 11.1 Å². The predicted octanol–water partition coefficient (Wildman–Crippen LogP) is -0.981. The van der Waals surface area contributed by atoms with E-state index < -0.39 is 48.9 Å². The Labute approximate surface area is 142 Å². The smallest absolute Gasteiger partial charge is 0.408 e. The highest BCUT2D eigenvalue weighted by Gasteiger charge is 2.46. The van der Waals surface area contributed by atoms with Gasteiger partial charge in [0.1, 0.15) is 24.4 Å². The van der Waals surface area contributed by atoms with Gasteiger partial charge in [0.2, 0.25) is 5.91 Å². The minimum Gasteiger partial charge on any atom is -0.408 e. The van der Waals surface area contributed by atoms with Crippen molar-refractivity contribution in [2.24, 2.45) is 0 Å². The Morgan fingerprint density at radius 2 is 2.04 bits per heavy atom. The van der Waals surface area contributed by atoms with Crippen LogP contribution < -0.4 is 11.1 Å². The molecule has 136 valence electrons. The summed E-state index contributed by atoms with van der Waals surface area (Å²) in [6.45, 7) is 2.52. The first-order valence-electron chi connectivity index (χ1n) is 7.84. The third kappa shape index (κ3) is 3.07. The van der Waals surface area contributed by atoms with Crippen LogP contribution in [0.15, 0.2) is 27.4 Å². The summed E-state index contributed by atoms with van der Waals surface area (Å²) in [5.41, 5.74) is 1.61. The van der Waals surface area contributed by atoms with Gasteiger partial charge < -0.3 is 29.8 Å². The van der Waals surface area contributed by atoms with E-state index in [1.54, 1.807) is 18.2 Å². The molecule has 1 amide bonds. The highest BCUT2D eigenvalue weighted by Crippen LogP contribution is 2.30. The molecule has 1 aromatic carbocycles. The van der Waals surface area contributed by atoms with E-state index in [0.717, 1.165) is 5.56 Å². The third-order valence-corrected chi connectivity index (χ3v) is 4.29. The van der Waals surface area contributed by atoms with Gasteiger partial charge in [0.15, 0.2) is 11.8 Å². The molecular weight excluding hydrogens is 332 g/mol. The van der Waals surface area contributed by atoms with E-state index in [-0.39, 0.29) is 0 Å². The van der Waals surface area contributed by atoms with Crippen molar-refractivity contribution in [3.63, 3.8) is 0 Å². The molecule has 25 heavy (non-hydrogen) atoms. The van der Waals surface area contributed by atoms with Crippen molar-refractivity contribution in [1.82, 2.24) is 9.88 Å². The Hall–Kier alpha value is -2.20. The summed E-state index contributed by atoms with van der Waals surface area (Å²) in [6, 6.07) is 4.01. The van der Waals surface area contributed by atoms with Gasteiger partial charge in [0.05, 0.1) is 12.1 Å². The van der Waals surface area contributed by atoms with Crippen molar-refractivity contribution in [2.45, 2.75) is 44.4 Å². The maximum Gasteiger partial charge on any atom is 0.422 e. The average Bonchev–Trinajstić information content (AvgIpc) is 2.87. The van der Waals surface area contributed by atoms with Crippen molar-refractivity contribution >= 4 is 17.0 Å². The standard InChI is InChI=1S/C16H20N2O7/c1-7-3-4-10-9(5-7)18(16(23)25-10)15-12(17-8(2)20)14(22)13(21)11(6-19)24-15/h3-5,11-15,19,21-22H,6H2,1-2H3,(H,17,20)/t11-,12-,13-,14-,15-/m1/s1. The number of aliphatic hydroxyl groups is 3. The molecule has 0 aliphatic carbocycles. The van der Waals surface area contributed by atoms with Gasteiger partial charge in [0, 0.05) is 6.92 Å². The Kier molecular flexibility index (Phi) is 4.65. The van der Waals surface area contributed by atoms with Crippen LogP contribution in [0.5, 0.6) is 0 Å². The quantitative estimate of drug-likeness (QED) is 0.558. The fourth-order valence-electron chi connectivity index (χ4n) is 3.09. The van der Waals surface area contributed by atoms with Crippen molar-refractivity contribution in [1.29, 1.82) is 0 Å². The molecule has 1 aliphatic heterocycles. The summed E-state index contributed by atoms with van der Waals surface area (Å²) >= 11 is 0. The molecule has 0 spiro atoms. The number of fused-ring (bicyclic) bond motifs is 1. The van der Waals surface area contributed by atoms with Crippen molar-refractivity contribution in [3.8, 4) is 0 Å². The van der Waals surface area contributed by atoms with E-state index in [0.29, 0.717) is 11.1 Å². The number of oxazole rings is 1. The zero-order valence-electron chi connectivity index (χ0n) is 13.7. The third-order valence-electron chi connectivity index (χ3n) is 4.29. The van der Waals surface area contributed by atoms with Gasteiger partial charge in [-0.15, -0.1) is 0 Å². The highest BCUT2D eigenvalue weighted by atomic mass is 16.5. The van der Waals surface area contributed by atoms with Gasteiger partial charge in [0.25, 0.3) is 0 Å². The molecule has 0 radical (unpaired) electrons. The molecule has 5 atom stereocenters. The molecule has 1 aromatic heterocycles. The van der Waals surface area contributed by atoms with Crippen LogP contribution in [0.1, 0.15) is 18.7 Å². The first-order chi connectivity index (χ1) is 11.8.